The molecular weight excluding hydrogens is 220 g/mol. The molecule has 1 unspecified atom stereocenters. The van der Waals surface area contributed by atoms with Crippen LogP contribution < -0.4 is 5.32 Å². The first-order chi connectivity index (χ1) is 8.67. The van der Waals surface area contributed by atoms with Crippen LogP contribution in [0.5, 0.6) is 0 Å². The number of hydrogen-bond acceptors (Lipinski definition) is 2. The molecule has 0 aliphatic rings. The smallest absolute Gasteiger partial charge is 0.0230 e. The second-order valence-corrected chi connectivity index (χ2v) is 5.18. The van der Waals surface area contributed by atoms with Crippen LogP contribution in [0.2, 0.25) is 0 Å². The lowest BCUT2D eigenvalue weighted by molar-refractivity contribution is 0.346. The molecule has 0 spiro atoms. The summed E-state index contributed by atoms with van der Waals surface area (Å²) < 4.78 is 0. The summed E-state index contributed by atoms with van der Waals surface area (Å²) in [6, 6.07) is 9.07. The lowest BCUT2D eigenvalue weighted by atomic mass is 9.99. The second kappa shape index (κ2) is 8.28. The topological polar surface area (TPSA) is 15.3 Å². The summed E-state index contributed by atoms with van der Waals surface area (Å²) in [4.78, 5) is 2.32. The Morgan fingerprint density at radius 1 is 1.17 bits per heavy atom. The Morgan fingerprint density at radius 2 is 1.83 bits per heavy atom. The third-order valence-electron chi connectivity index (χ3n) is 3.42. The van der Waals surface area contributed by atoms with Crippen LogP contribution in [-0.4, -0.2) is 31.6 Å². The molecule has 1 aromatic rings. The normalized spacial score (nSPS) is 12.9. The van der Waals surface area contributed by atoms with Gasteiger partial charge >= 0.3 is 0 Å². The summed E-state index contributed by atoms with van der Waals surface area (Å²) >= 11 is 0. The highest BCUT2D eigenvalue weighted by molar-refractivity contribution is 5.25. The summed E-state index contributed by atoms with van der Waals surface area (Å²) in [5.74, 6) is 0.592. The maximum absolute atomic E-state index is 3.48. The lowest BCUT2D eigenvalue weighted by Crippen LogP contribution is -2.20. The lowest BCUT2D eigenvalue weighted by Gasteiger charge is -2.16. The fourth-order valence-electron chi connectivity index (χ4n) is 1.99. The summed E-state index contributed by atoms with van der Waals surface area (Å²) in [6.45, 7) is 11.0. The van der Waals surface area contributed by atoms with Crippen molar-refractivity contribution < 1.29 is 0 Å². The Morgan fingerprint density at radius 3 is 2.39 bits per heavy atom. The summed E-state index contributed by atoms with van der Waals surface area (Å²) in [7, 11) is 2.16. The highest BCUT2D eigenvalue weighted by Gasteiger charge is 2.05. The van der Waals surface area contributed by atoms with Gasteiger partial charge in [-0.15, -0.1) is 0 Å². The monoisotopic (exact) mass is 248 g/mol. The Balaban J connectivity index is 2.48. The van der Waals surface area contributed by atoms with Crippen LogP contribution in [0.15, 0.2) is 24.3 Å². The van der Waals surface area contributed by atoms with Crippen LogP contribution >= 0.6 is 0 Å². The molecule has 0 amide bonds. The van der Waals surface area contributed by atoms with Gasteiger partial charge in [-0.1, -0.05) is 45.0 Å². The quantitative estimate of drug-likeness (QED) is 0.711. The summed E-state index contributed by atoms with van der Waals surface area (Å²) in [5, 5.41) is 3.48. The van der Waals surface area contributed by atoms with E-state index in [1.165, 1.54) is 17.5 Å². The SMILES string of the molecule is CCCNCC(C)c1ccc(CN(C)CC)cc1. The van der Waals surface area contributed by atoms with Crippen molar-refractivity contribution in [3.05, 3.63) is 35.4 Å². The molecule has 1 N–H and O–H groups in total. The Kier molecular flexibility index (Phi) is 6.99. The van der Waals surface area contributed by atoms with Crippen LogP contribution in [0.4, 0.5) is 0 Å². The van der Waals surface area contributed by atoms with Crippen molar-refractivity contribution in [2.75, 3.05) is 26.7 Å². The van der Waals surface area contributed by atoms with Gasteiger partial charge in [0, 0.05) is 13.1 Å². The minimum Gasteiger partial charge on any atom is -0.316 e. The number of hydrogen-bond donors (Lipinski definition) is 1. The molecule has 2 nitrogen and oxygen atoms in total. The first kappa shape index (κ1) is 15.2. The van der Waals surface area contributed by atoms with Gasteiger partial charge in [-0.3, -0.25) is 0 Å². The third-order valence-corrected chi connectivity index (χ3v) is 3.42. The molecular formula is C16H28N2. The van der Waals surface area contributed by atoms with Gasteiger partial charge in [-0.2, -0.15) is 0 Å². The molecule has 0 aliphatic carbocycles. The van der Waals surface area contributed by atoms with Gasteiger partial charge < -0.3 is 10.2 Å². The van der Waals surface area contributed by atoms with Crippen molar-refractivity contribution in [1.82, 2.24) is 10.2 Å². The molecule has 1 atom stereocenters. The molecule has 0 bridgehead atoms. The zero-order valence-corrected chi connectivity index (χ0v) is 12.4. The molecule has 0 aliphatic heterocycles. The first-order valence-corrected chi connectivity index (χ1v) is 7.15. The Hall–Kier alpha value is -0.860. The Labute approximate surface area is 112 Å². The molecule has 0 heterocycles. The Bertz CT molecular complexity index is 318. The van der Waals surface area contributed by atoms with E-state index in [-0.39, 0.29) is 0 Å². The number of rotatable bonds is 8. The third kappa shape index (κ3) is 5.19. The van der Waals surface area contributed by atoms with E-state index < -0.39 is 0 Å². The van der Waals surface area contributed by atoms with E-state index in [1.807, 2.05) is 0 Å². The van der Waals surface area contributed by atoms with Crippen LogP contribution in [0.3, 0.4) is 0 Å². The van der Waals surface area contributed by atoms with Crippen molar-refractivity contribution in [3.63, 3.8) is 0 Å². The van der Waals surface area contributed by atoms with Gasteiger partial charge in [-0.25, -0.2) is 0 Å². The first-order valence-electron chi connectivity index (χ1n) is 7.15. The molecule has 1 rings (SSSR count). The van der Waals surface area contributed by atoms with Crippen molar-refractivity contribution >= 4 is 0 Å². The van der Waals surface area contributed by atoms with Crippen molar-refractivity contribution in [3.8, 4) is 0 Å². The number of nitrogens with zero attached hydrogens (tertiary/aromatic N) is 1. The standard InChI is InChI=1S/C16H28N2/c1-5-11-17-12-14(3)16-9-7-15(8-10-16)13-18(4)6-2/h7-10,14,17H,5-6,11-13H2,1-4H3. The summed E-state index contributed by atoms with van der Waals surface area (Å²) in [6.07, 6.45) is 1.20. The zero-order valence-electron chi connectivity index (χ0n) is 12.4. The molecule has 0 aromatic heterocycles. The van der Waals surface area contributed by atoms with Crippen molar-refractivity contribution in [1.29, 1.82) is 0 Å². The van der Waals surface area contributed by atoms with E-state index in [1.54, 1.807) is 0 Å². The van der Waals surface area contributed by atoms with Crippen molar-refractivity contribution in [2.24, 2.45) is 0 Å². The fourth-order valence-corrected chi connectivity index (χ4v) is 1.99. The minimum atomic E-state index is 0.592. The zero-order chi connectivity index (χ0) is 13.4. The van der Waals surface area contributed by atoms with Crippen LogP contribution in [0.25, 0.3) is 0 Å². The highest BCUT2D eigenvalue weighted by Crippen LogP contribution is 2.15. The van der Waals surface area contributed by atoms with E-state index in [4.69, 9.17) is 0 Å². The van der Waals surface area contributed by atoms with Crippen molar-refractivity contribution in [2.45, 2.75) is 39.7 Å². The number of nitrogens with one attached hydrogen (secondary N) is 1. The van der Waals surface area contributed by atoms with Crippen LogP contribution in [0.1, 0.15) is 44.2 Å². The molecule has 0 radical (unpaired) electrons. The summed E-state index contributed by atoms with van der Waals surface area (Å²) in [5.41, 5.74) is 2.83. The predicted octanol–water partition coefficient (Wildman–Crippen LogP) is 3.24. The molecule has 2 heteroatoms. The molecule has 0 saturated heterocycles. The molecule has 1 aromatic carbocycles. The van der Waals surface area contributed by atoms with Gasteiger partial charge in [0.15, 0.2) is 0 Å². The van der Waals surface area contributed by atoms with E-state index in [0.717, 1.165) is 26.2 Å². The predicted molar refractivity (Wildman–Crippen MR) is 80.0 cm³/mol. The van der Waals surface area contributed by atoms with Crippen LogP contribution in [0, 0.1) is 0 Å². The minimum absolute atomic E-state index is 0.592. The van der Waals surface area contributed by atoms with E-state index >= 15 is 0 Å². The largest absolute Gasteiger partial charge is 0.316 e. The average Bonchev–Trinajstić information content (AvgIpc) is 2.39. The molecule has 0 saturated carbocycles. The van der Waals surface area contributed by atoms with Gasteiger partial charge in [0.25, 0.3) is 0 Å². The van der Waals surface area contributed by atoms with E-state index in [0.29, 0.717) is 5.92 Å². The second-order valence-electron chi connectivity index (χ2n) is 5.18. The molecule has 102 valence electrons. The van der Waals surface area contributed by atoms with Gasteiger partial charge in [0.05, 0.1) is 0 Å². The van der Waals surface area contributed by atoms with Gasteiger partial charge in [-0.05, 0) is 43.6 Å². The fraction of sp³-hybridized carbons (Fsp3) is 0.625. The maximum atomic E-state index is 3.48. The van der Waals surface area contributed by atoms with Gasteiger partial charge in [0.2, 0.25) is 0 Å². The maximum Gasteiger partial charge on any atom is 0.0230 e. The van der Waals surface area contributed by atoms with Crippen LogP contribution in [-0.2, 0) is 6.54 Å². The van der Waals surface area contributed by atoms with E-state index in [9.17, 15) is 0 Å². The van der Waals surface area contributed by atoms with Gasteiger partial charge in [0.1, 0.15) is 0 Å². The number of benzene rings is 1. The molecule has 0 fully saturated rings. The molecule has 18 heavy (non-hydrogen) atoms. The highest BCUT2D eigenvalue weighted by atomic mass is 15.1. The average molecular weight is 248 g/mol. The van der Waals surface area contributed by atoms with E-state index in [2.05, 4.69) is 62.3 Å².